The van der Waals surface area contributed by atoms with Crippen molar-refractivity contribution in [3.8, 4) is 0 Å². The van der Waals surface area contributed by atoms with Gasteiger partial charge in [-0.05, 0) is 30.0 Å². The van der Waals surface area contributed by atoms with Crippen molar-refractivity contribution < 1.29 is 0 Å². The Kier molecular flexibility index (Phi) is 2.63. The van der Waals surface area contributed by atoms with Crippen LogP contribution in [0.25, 0.3) is 10.1 Å². The van der Waals surface area contributed by atoms with E-state index in [9.17, 15) is 0 Å². The van der Waals surface area contributed by atoms with E-state index in [2.05, 4.69) is 35.0 Å². The van der Waals surface area contributed by atoms with E-state index in [0.29, 0.717) is 0 Å². The first-order chi connectivity index (χ1) is 6.22. The van der Waals surface area contributed by atoms with Crippen LogP contribution in [0.5, 0.6) is 0 Å². The quantitative estimate of drug-likeness (QED) is 0.658. The van der Waals surface area contributed by atoms with Crippen molar-refractivity contribution in [1.29, 1.82) is 0 Å². The molecular weight excluding hydrogens is 268 g/mol. The molecule has 2 rings (SSSR count). The molecular formula is C10H8BrClS. The molecule has 13 heavy (non-hydrogen) atoms. The first-order valence-electron chi connectivity index (χ1n) is 3.96. The molecule has 0 saturated carbocycles. The molecule has 0 saturated heterocycles. The Morgan fingerprint density at radius 1 is 1.46 bits per heavy atom. The van der Waals surface area contributed by atoms with E-state index in [4.69, 9.17) is 11.6 Å². The summed E-state index contributed by atoms with van der Waals surface area (Å²) < 4.78 is 1.31. The first kappa shape index (κ1) is 9.50. The molecule has 0 aliphatic heterocycles. The van der Waals surface area contributed by atoms with Crippen molar-refractivity contribution >= 4 is 49.0 Å². The van der Waals surface area contributed by atoms with Gasteiger partial charge in [0, 0.05) is 19.9 Å². The molecule has 0 spiro atoms. The highest BCUT2D eigenvalue weighted by molar-refractivity contribution is 9.08. The van der Waals surface area contributed by atoms with Crippen LogP contribution in [0.3, 0.4) is 0 Å². The molecule has 1 heterocycles. The van der Waals surface area contributed by atoms with Crippen molar-refractivity contribution in [2.45, 2.75) is 12.3 Å². The van der Waals surface area contributed by atoms with Crippen LogP contribution in [0.2, 0.25) is 5.02 Å². The Morgan fingerprint density at radius 3 is 2.92 bits per heavy atom. The third-order valence-electron chi connectivity index (χ3n) is 2.05. The van der Waals surface area contributed by atoms with E-state index in [-0.39, 0.29) is 0 Å². The lowest BCUT2D eigenvalue weighted by atomic mass is 10.2. The number of benzene rings is 1. The SMILES string of the molecule is Cc1c(Cl)ccc2cc(CBr)sc12. The van der Waals surface area contributed by atoms with Gasteiger partial charge in [0.15, 0.2) is 0 Å². The van der Waals surface area contributed by atoms with Crippen LogP contribution in [0.4, 0.5) is 0 Å². The molecule has 1 aromatic heterocycles. The number of fused-ring (bicyclic) bond motifs is 1. The molecule has 0 radical (unpaired) electrons. The van der Waals surface area contributed by atoms with E-state index in [1.165, 1.54) is 20.5 Å². The second-order valence-corrected chi connectivity index (χ2v) is 5.04. The highest BCUT2D eigenvalue weighted by Crippen LogP contribution is 2.33. The van der Waals surface area contributed by atoms with Gasteiger partial charge >= 0.3 is 0 Å². The Balaban J connectivity index is 2.76. The predicted molar refractivity (Wildman–Crippen MR) is 64.2 cm³/mol. The van der Waals surface area contributed by atoms with Gasteiger partial charge in [-0.1, -0.05) is 33.6 Å². The fourth-order valence-corrected chi connectivity index (χ4v) is 3.07. The molecule has 0 aliphatic rings. The highest BCUT2D eigenvalue weighted by atomic mass is 79.9. The molecule has 3 heteroatoms. The van der Waals surface area contributed by atoms with Crippen molar-refractivity contribution in [3.63, 3.8) is 0 Å². The number of thiophene rings is 1. The summed E-state index contributed by atoms with van der Waals surface area (Å²) in [6.07, 6.45) is 0. The van der Waals surface area contributed by atoms with E-state index >= 15 is 0 Å². The number of hydrogen-bond acceptors (Lipinski definition) is 1. The summed E-state index contributed by atoms with van der Waals surface area (Å²) in [7, 11) is 0. The normalized spacial score (nSPS) is 11.0. The predicted octanol–water partition coefficient (Wildman–Crippen LogP) is 4.76. The van der Waals surface area contributed by atoms with E-state index in [1.807, 2.05) is 6.07 Å². The minimum Gasteiger partial charge on any atom is -0.139 e. The summed E-state index contributed by atoms with van der Waals surface area (Å²) in [5.74, 6) is 0. The molecule has 0 nitrogen and oxygen atoms in total. The molecule has 0 fully saturated rings. The van der Waals surface area contributed by atoms with Crippen LogP contribution >= 0.6 is 38.9 Å². The second-order valence-electron chi connectivity index (χ2n) is 2.94. The van der Waals surface area contributed by atoms with Crippen molar-refractivity contribution in [2.24, 2.45) is 0 Å². The zero-order chi connectivity index (χ0) is 9.42. The fourth-order valence-electron chi connectivity index (χ4n) is 1.34. The van der Waals surface area contributed by atoms with Crippen LogP contribution in [0.15, 0.2) is 18.2 Å². The molecule has 0 aliphatic carbocycles. The Bertz CT molecular complexity index is 447. The smallest absolute Gasteiger partial charge is 0.0449 e. The molecule has 0 N–H and O–H groups in total. The minimum absolute atomic E-state index is 0.857. The van der Waals surface area contributed by atoms with Gasteiger partial charge in [-0.3, -0.25) is 0 Å². The zero-order valence-electron chi connectivity index (χ0n) is 7.10. The topological polar surface area (TPSA) is 0 Å². The number of aryl methyl sites for hydroxylation is 1. The van der Waals surface area contributed by atoms with Crippen LogP contribution < -0.4 is 0 Å². The Hall–Kier alpha value is -0.0500. The van der Waals surface area contributed by atoms with E-state index in [1.54, 1.807) is 11.3 Å². The number of alkyl halides is 1. The molecule has 68 valence electrons. The number of hydrogen-bond donors (Lipinski definition) is 0. The van der Waals surface area contributed by atoms with Gasteiger partial charge in [0.2, 0.25) is 0 Å². The Labute approximate surface area is 94.7 Å². The average molecular weight is 276 g/mol. The Morgan fingerprint density at radius 2 is 2.23 bits per heavy atom. The maximum Gasteiger partial charge on any atom is 0.0449 e. The molecule has 0 amide bonds. The van der Waals surface area contributed by atoms with Crippen LogP contribution in [-0.4, -0.2) is 0 Å². The first-order valence-corrected chi connectivity index (χ1v) is 6.27. The lowest BCUT2D eigenvalue weighted by Crippen LogP contribution is -1.73. The van der Waals surface area contributed by atoms with Crippen molar-refractivity contribution in [3.05, 3.63) is 33.7 Å². The molecule has 0 unspecified atom stereocenters. The van der Waals surface area contributed by atoms with Gasteiger partial charge < -0.3 is 0 Å². The average Bonchev–Trinajstić information content (AvgIpc) is 2.55. The van der Waals surface area contributed by atoms with Gasteiger partial charge in [0.1, 0.15) is 0 Å². The largest absolute Gasteiger partial charge is 0.139 e. The van der Waals surface area contributed by atoms with Gasteiger partial charge in [0.05, 0.1) is 0 Å². The summed E-state index contributed by atoms with van der Waals surface area (Å²) in [4.78, 5) is 1.35. The van der Waals surface area contributed by atoms with Gasteiger partial charge in [-0.15, -0.1) is 11.3 Å². The minimum atomic E-state index is 0.857. The molecule has 2 aromatic rings. The third-order valence-corrected chi connectivity index (χ3v) is 4.71. The van der Waals surface area contributed by atoms with Crippen molar-refractivity contribution in [2.75, 3.05) is 0 Å². The summed E-state index contributed by atoms with van der Waals surface area (Å²) in [6, 6.07) is 6.25. The second kappa shape index (κ2) is 3.60. The fraction of sp³-hybridized carbons (Fsp3) is 0.200. The zero-order valence-corrected chi connectivity index (χ0v) is 10.3. The maximum atomic E-state index is 6.04. The van der Waals surface area contributed by atoms with Crippen LogP contribution in [0.1, 0.15) is 10.4 Å². The summed E-state index contributed by atoms with van der Waals surface area (Å²) in [5, 5.41) is 3.07. The summed E-state index contributed by atoms with van der Waals surface area (Å²) in [6.45, 7) is 2.07. The molecule has 0 bridgehead atoms. The van der Waals surface area contributed by atoms with Crippen LogP contribution in [0, 0.1) is 6.92 Å². The monoisotopic (exact) mass is 274 g/mol. The van der Waals surface area contributed by atoms with E-state index < -0.39 is 0 Å². The lowest BCUT2D eigenvalue weighted by molar-refractivity contribution is 1.55. The van der Waals surface area contributed by atoms with Crippen molar-refractivity contribution in [1.82, 2.24) is 0 Å². The molecule has 1 aromatic carbocycles. The highest BCUT2D eigenvalue weighted by Gasteiger charge is 2.05. The number of halogens is 2. The van der Waals surface area contributed by atoms with Crippen LogP contribution in [-0.2, 0) is 5.33 Å². The van der Waals surface area contributed by atoms with E-state index in [0.717, 1.165) is 10.4 Å². The molecule has 0 atom stereocenters. The maximum absolute atomic E-state index is 6.04. The van der Waals surface area contributed by atoms with Gasteiger partial charge in [0.25, 0.3) is 0 Å². The number of rotatable bonds is 1. The van der Waals surface area contributed by atoms with Gasteiger partial charge in [-0.2, -0.15) is 0 Å². The summed E-state index contributed by atoms with van der Waals surface area (Å²) >= 11 is 11.3. The summed E-state index contributed by atoms with van der Waals surface area (Å²) in [5.41, 5.74) is 1.19. The lowest BCUT2D eigenvalue weighted by Gasteiger charge is -1.97. The van der Waals surface area contributed by atoms with Gasteiger partial charge in [-0.25, -0.2) is 0 Å². The standard InChI is InChI=1S/C10H8BrClS/c1-6-9(12)3-2-7-4-8(5-11)13-10(6)7/h2-4H,5H2,1H3. The third kappa shape index (κ3) is 1.63.